The Morgan fingerprint density at radius 1 is 1.25 bits per heavy atom. The van der Waals surface area contributed by atoms with Crippen LogP contribution in [-0.2, 0) is 4.79 Å². The molecule has 112 valence electrons. The molecule has 1 aromatic rings. The topological polar surface area (TPSA) is 41.6 Å². The van der Waals surface area contributed by atoms with Crippen molar-refractivity contribution in [3.8, 4) is 5.75 Å². The second-order valence-corrected chi connectivity index (χ2v) is 5.35. The van der Waals surface area contributed by atoms with Gasteiger partial charge in [0.2, 0.25) is 5.91 Å². The van der Waals surface area contributed by atoms with Crippen LogP contribution in [0.1, 0.15) is 19.3 Å². The van der Waals surface area contributed by atoms with Crippen LogP contribution in [0.5, 0.6) is 5.75 Å². The standard InChI is InChI=1S/C15H23ClN2O2/c1-18(2)11-4-10-17-15(19)5-3-12-20-14-8-6-13(16)7-9-14/h6-9H,3-5,10-12H2,1-2H3,(H,17,19). The van der Waals surface area contributed by atoms with Gasteiger partial charge in [0.15, 0.2) is 0 Å². The van der Waals surface area contributed by atoms with E-state index >= 15 is 0 Å². The summed E-state index contributed by atoms with van der Waals surface area (Å²) in [6, 6.07) is 7.22. The van der Waals surface area contributed by atoms with Crippen molar-refractivity contribution in [3.63, 3.8) is 0 Å². The van der Waals surface area contributed by atoms with E-state index < -0.39 is 0 Å². The maximum Gasteiger partial charge on any atom is 0.220 e. The van der Waals surface area contributed by atoms with Gasteiger partial charge in [0, 0.05) is 18.0 Å². The quantitative estimate of drug-likeness (QED) is 0.713. The lowest BCUT2D eigenvalue weighted by molar-refractivity contribution is -0.121. The summed E-state index contributed by atoms with van der Waals surface area (Å²) < 4.78 is 5.52. The number of rotatable bonds is 9. The number of amides is 1. The summed E-state index contributed by atoms with van der Waals surface area (Å²) in [7, 11) is 4.05. The van der Waals surface area contributed by atoms with Gasteiger partial charge < -0.3 is 15.0 Å². The zero-order valence-corrected chi connectivity index (χ0v) is 12.9. The highest BCUT2D eigenvalue weighted by molar-refractivity contribution is 6.30. The molecular weight excluding hydrogens is 276 g/mol. The van der Waals surface area contributed by atoms with Gasteiger partial charge in [0.05, 0.1) is 6.61 Å². The van der Waals surface area contributed by atoms with E-state index in [-0.39, 0.29) is 5.91 Å². The molecule has 1 N–H and O–H groups in total. The highest BCUT2D eigenvalue weighted by atomic mass is 35.5. The average molecular weight is 299 g/mol. The van der Waals surface area contributed by atoms with Crippen molar-refractivity contribution in [1.82, 2.24) is 10.2 Å². The van der Waals surface area contributed by atoms with Gasteiger partial charge in [-0.2, -0.15) is 0 Å². The van der Waals surface area contributed by atoms with Crippen molar-refractivity contribution in [2.45, 2.75) is 19.3 Å². The number of carbonyl (C=O) groups is 1. The zero-order valence-electron chi connectivity index (χ0n) is 12.2. The summed E-state index contributed by atoms with van der Waals surface area (Å²) in [6.07, 6.45) is 2.18. The predicted molar refractivity (Wildman–Crippen MR) is 82.4 cm³/mol. The van der Waals surface area contributed by atoms with Gasteiger partial charge in [-0.15, -0.1) is 0 Å². The van der Waals surface area contributed by atoms with E-state index in [0.29, 0.717) is 24.5 Å². The molecule has 0 aliphatic heterocycles. The van der Waals surface area contributed by atoms with E-state index in [1.807, 2.05) is 26.2 Å². The summed E-state index contributed by atoms with van der Waals surface area (Å²) in [4.78, 5) is 13.6. The van der Waals surface area contributed by atoms with Crippen LogP contribution < -0.4 is 10.1 Å². The molecule has 0 heterocycles. The van der Waals surface area contributed by atoms with Crippen LogP contribution in [-0.4, -0.2) is 44.6 Å². The molecule has 4 nitrogen and oxygen atoms in total. The third-order valence-electron chi connectivity index (χ3n) is 2.73. The highest BCUT2D eigenvalue weighted by Gasteiger charge is 2.01. The summed E-state index contributed by atoms with van der Waals surface area (Å²) in [6.45, 7) is 2.25. The van der Waals surface area contributed by atoms with Crippen LogP contribution in [0.3, 0.4) is 0 Å². The SMILES string of the molecule is CN(C)CCCNC(=O)CCCOc1ccc(Cl)cc1. The molecule has 20 heavy (non-hydrogen) atoms. The molecule has 0 aromatic heterocycles. The minimum absolute atomic E-state index is 0.0865. The van der Waals surface area contributed by atoms with Gasteiger partial charge in [-0.25, -0.2) is 0 Å². The molecule has 5 heteroatoms. The number of hydrogen-bond donors (Lipinski definition) is 1. The molecule has 1 amide bonds. The fraction of sp³-hybridized carbons (Fsp3) is 0.533. The molecule has 1 aromatic carbocycles. The fourth-order valence-corrected chi connectivity index (χ4v) is 1.79. The van der Waals surface area contributed by atoms with Crippen LogP contribution in [0, 0.1) is 0 Å². The van der Waals surface area contributed by atoms with Gasteiger partial charge in [-0.3, -0.25) is 4.79 Å². The normalized spacial score (nSPS) is 10.6. The van der Waals surface area contributed by atoms with Crippen molar-refractivity contribution >= 4 is 17.5 Å². The average Bonchev–Trinajstić information content (AvgIpc) is 2.41. The van der Waals surface area contributed by atoms with Crippen molar-refractivity contribution in [2.75, 3.05) is 33.8 Å². The van der Waals surface area contributed by atoms with Crippen molar-refractivity contribution in [3.05, 3.63) is 29.3 Å². The Balaban J connectivity index is 2.03. The Hall–Kier alpha value is -1.26. The van der Waals surface area contributed by atoms with Gasteiger partial charge >= 0.3 is 0 Å². The minimum Gasteiger partial charge on any atom is -0.494 e. The number of halogens is 1. The third kappa shape index (κ3) is 8.02. The van der Waals surface area contributed by atoms with Crippen LogP contribution in [0.15, 0.2) is 24.3 Å². The van der Waals surface area contributed by atoms with E-state index in [9.17, 15) is 4.79 Å². The zero-order chi connectivity index (χ0) is 14.8. The number of nitrogens with one attached hydrogen (secondary N) is 1. The molecule has 0 saturated heterocycles. The first-order valence-corrected chi connectivity index (χ1v) is 7.25. The second kappa shape index (κ2) is 9.61. The van der Waals surface area contributed by atoms with Crippen LogP contribution >= 0.6 is 11.6 Å². The predicted octanol–water partition coefficient (Wildman–Crippen LogP) is 2.57. The van der Waals surface area contributed by atoms with Crippen LogP contribution in [0.25, 0.3) is 0 Å². The summed E-state index contributed by atoms with van der Waals surface area (Å²) in [5.41, 5.74) is 0. The van der Waals surface area contributed by atoms with E-state index in [4.69, 9.17) is 16.3 Å². The molecule has 0 bridgehead atoms. The maximum absolute atomic E-state index is 11.5. The first-order valence-electron chi connectivity index (χ1n) is 6.88. The minimum atomic E-state index is 0.0865. The number of nitrogens with zero attached hydrogens (tertiary/aromatic N) is 1. The lowest BCUT2D eigenvalue weighted by Crippen LogP contribution is -2.27. The molecule has 0 fully saturated rings. The Morgan fingerprint density at radius 2 is 1.95 bits per heavy atom. The van der Waals surface area contributed by atoms with Crippen LogP contribution in [0.2, 0.25) is 5.02 Å². The second-order valence-electron chi connectivity index (χ2n) is 4.91. The van der Waals surface area contributed by atoms with E-state index in [0.717, 1.165) is 25.3 Å². The Morgan fingerprint density at radius 3 is 2.60 bits per heavy atom. The number of hydrogen-bond acceptors (Lipinski definition) is 3. The molecule has 0 unspecified atom stereocenters. The Labute approximate surface area is 126 Å². The monoisotopic (exact) mass is 298 g/mol. The summed E-state index contributed by atoms with van der Waals surface area (Å²) in [5, 5.41) is 3.59. The third-order valence-corrected chi connectivity index (χ3v) is 2.99. The molecule has 1 rings (SSSR count). The van der Waals surface area contributed by atoms with Gasteiger partial charge in [-0.1, -0.05) is 11.6 Å². The number of ether oxygens (including phenoxy) is 1. The molecule has 0 saturated carbocycles. The van der Waals surface area contributed by atoms with Gasteiger partial charge in [0.1, 0.15) is 5.75 Å². The highest BCUT2D eigenvalue weighted by Crippen LogP contribution is 2.15. The van der Waals surface area contributed by atoms with Gasteiger partial charge in [-0.05, 0) is 57.7 Å². The number of carbonyl (C=O) groups excluding carboxylic acids is 1. The van der Waals surface area contributed by atoms with Crippen molar-refractivity contribution in [2.24, 2.45) is 0 Å². The largest absolute Gasteiger partial charge is 0.494 e. The van der Waals surface area contributed by atoms with E-state index in [1.54, 1.807) is 12.1 Å². The smallest absolute Gasteiger partial charge is 0.220 e. The Bertz CT molecular complexity index is 393. The maximum atomic E-state index is 11.5. The van der Waals surface area contributed by atoms with Crippen LogP contribution in [0.4, 0.5) is 0 Å². The van der Waals surface area contributed by atoms with Crippen molar-refractivity contribution in [1.29, 1.82) is 0 Å². The van der Waals surface area contributed by atoms with E-state index in [2.05, 4.69) is 10.2 Å². The lowest BCUT2D eigenvalue weighted by atomic mass is 10.3. The molecule has 0 aliphatic rings. The molecule has 0 spiro atoms. The van der Waals surface area contributed by atoms with Crippen molar-refractivity contribution < 1.29 is 9.53 Å². The molecule has 0 aliphatic carbocycles. The number of benzene rings is 1. The summed E-state index contributed by atoms with van der Waals surface area (Å²) >= 11 is 5.78. The molecule has 0 atom stereocenters. The Kier molecular flexibility index (Phi) is 8.07. The first kappa shape index (κ1) is 16.8. The fourth-order valence-electron chi connectivity index (χ4n) is 1.67. The van der Waals surface area contributed by atoms with Gasteiger partial charge in [0.25, 0.3) is 0 Å². The lowest BCUT2D eigenvalue weighted by Gasteiger charge is -2.10. The molecule has 0 radical (unpaired) electrons. The summed E-state index contributed by atoms with van der Waals surface area (Å²) in [5.74, 6) is 0.865. The van der Waals surface area contributed by atoms with E-state index in [1.165, 1.54) is 0 Å². The molecular formula is C15H23ClN2O2. The first-order chi connectivity index (χ1) is 9.58.